The van der Waals surface area contributed by atoms with E-state index >= 15 is 0 Å². The van der Waals surface area contributed by atoms with Gasteiger partial charge in [-0.3, -0.25) is 4.52 Å². The molecule has 0 amide bonds. The first-order valence-corrected chi connectivity index (χ1v) is 12.9. The fourth-order valence-corrected chi connectivity index (χ4v) is 5.38. The van der Waals surface area contributed by atoms with Gasteiger partial charge in [-0.1, -0.05) is 89.5 Å². The molecule has 0 aliphatic carbocycles. The third-order valence-corrected chi connectivity index (χ3v) is 7.44. The molecule has 0 aliphatic rings. The molecule has 0 bridgehead atoms. The van der Waals surface area contributed by atoms with Crippen LogP contribution in [-0.4, -0.2) is 15.0 Å². The van der Waals surface area contributed by atoms with Gasteiger partial charge in [0.05, 0.1) is 17.8 Å². The van der Waals surface area contributed by atoms with Gasteiger partial charge in [-0.05, 0) is 18.6 Å². The van der Waals surface area contributed by atoms with Crippen molar-refractivity contribution in [3.8, 4) is 0 Å². The van der Waals surface area contributed by atoms with Crippen LogP contribution < -0.4 is 29.6 Å². The van der Waals surface area contributed by atoms with Crippen LogP contribution in [0, 0.1) is 0 Å². The maximum absolute atomic E-state index is 12.5. The van der Waals surface area contributed by atoms with Gasteiger partial charge in [-0.25, -0.2) is 4.57 Å². The number of phosphoric acid groups is 1. The summed E-state index contributed by atoms with van der Waals surface area (Å²) in [5.41, 5.74) is 0. The molecule has 1 unspecified atom stereocenters. The minimum atomic E-state index is -4.29. The second kappa shape index (κ2) is 16.5. The van der Waals surface area contributed by atoms with Gasteiger partial charge in [0, 0.05) is 0 Å². The number of rotatable bonds is 17. The number of hydrogen-bond acceptors (Lipinski definition) is 6. The molecule has 0 spiro atoms. The van der Waals surface area contributed by atoms with E-state index in [0.717, 1.165) is 25.5 Å². The Morgan fingerprint density at radius 2 is 1.48 bits per heavy atom. The van der Waals surface area contributed by atoms with E-state index in [0.29, 0.717) is 6.42 Å². The van der Waals surface area contributed by atoms with Crippen molar-refractivity contribution in [1.82, 2.24) is 0 Å². The Balaban J connectivity index is 0. The summed E-state index contributed by atoms with van der Waals surface area (Å²) in [6, 6.07) is 7.44. The first-order valence-electron chi connectivity index (χ1n) is 9.98. The normalized spacial score (nSPS) is 13.3. The summed E-state index contributed by atoms with van der Waals surface area (Å²) in [4.78, 5) is -0.120. The average Bonchev–Trinajstić information content (AvgIpc) is 2.66. The van der Waals surface area contributed by atoms with Gasteiger partial charge >= 0.3 is 47.5 Å². The zero-order chi connectivity index (χ0) is 20.7. The van der Waals surface area contributed by atoms with Crippen molar-refractivity contribution in [3.63, 3.8) is 0 Å². The Kier molecular flexibility index (Phi) is 16.5. The Hall–Kier alpha value is -0.140. The molecule has 0 radical (unpaired) electrons. The SMILES string of the molecule is C=COP(=O)(OCCCCCCCCCCCC)OS(=O)(=O)c1ccccc1.[H-].[Na+]. The third kappa shape index (κ3) is 13.0. The monoisotopic (exact) mass is 456 g/mol. The van der Waals surface area contributed by atoms with Gasteiger partial charge < -0.3 is 5.95 Å². The van der Waals surface area contributed by atoms with Crippen LogP contribution in [0.15, 0.2) is 48.1 Å². The number of benzene rings is 1. The van der Waals surface area contributed by atoms with E-state index in [1.807, 2.05) is 0 Å². The second-order valence-electron chi connectivity index (χ2n) is 6.58. The summed E-state index contributed by atoms with van der Waals surface area (Å²) in [5, 5.41) is 0. The first kappa shape index (κ1) is 28.9. The molecule has 162 valence electrons. The molecule has 0 aromatic heterocycles. The number of hydrogen-bond donors (Lipinski definition) is 0. The van der Waals surface area contributed by atoms with Crippen LogP contribution in [0.4, 0.5) is 0 Å². The Morgan fingerprint density at radius 1 is 0.966 bits per heavy atom. The predicted octanol–water partition coefficient (Wildman–Crippen LogP) is 3.71. The van der Waals surface area contributed by atoms with E-state index in [-0.39, 0.29) is 42.5 Å². The van der Waals surface area contributed by atoms with E-state index in [9.17, 15) is 13.0 Å². The van der Waals surface area contributed by atoms with Crippen molar-refractivity contribution in [3.05, 3.63) is 43.2 Å². The molecule has 29 heavy (non-hydrogen) atoms. The molecule has 0 fully saturated rings. The molecular weight excluding hydrogens is 422 g/mol. The fourth-order valence-electron chi connectivity index (χ4n) is 2.68. The molecule has 1 aromatic carbocycles. The second-order valence-corrected chi connectivity index (χ2v) is 9.92. The van der Waals surface area contributed by atoms with E-state index in [2.05, 4.69) is 13.5 Å². The van der Waals surface area contributed by atoms with Gasteiger partial charge in [-0.2, -0.15) is 12.4 Å². The van der Waals surface area contributed by atoms with Crippen LogP contribution in [0.3, 0.4) is 0 Å². The molecule has 0 heterocycles. The third-order valence-electron chi connectivity index (χ3n) is 4.17. The van der Waals surface area contributed by atoms with Gasteiger partial charge in [0.25, 0.3) is 0 Å². The van der Waals surface area contributed by atoms with Crippen molar-refractivity contribution < 1.29 is 57.0 Å². The maximum atomic E-state index is 12.5. The number of phosphoric ester groups is 1. The molecule has 0 N–H and O–H groups in total. The van der Waals surface area contributed by atoms with Crippen molar-refractivity contribution in [2.24, 2.45) is 0 Å². The van der Waals surface area contributed by atoms with Gasteiger partial charge in [0.2, 0.25) is 0 Å². The molecule has 6 nitrogen and oxygen atoms in total. The van der Waals surface area contributed by atoms with Crippen LogP contribution in [0.5, 0.6) is 0 Å². The fraction of sp³-hybridized carbons (Fsp3) is 0.600. The Bertz CT molecular complexity index is 703. The van der Waals surface area contributed by atoms with Crippen LogP contribution in [-0.2, 0) is 27.7 Å². The van der Waals surface area contributed by atoms with Crippen molar-refractivity contribution in [2.45, 2.75) is 76.0 Å². The van der Waals surface area contributed by atoms with E-state index in [4.69, 9.17) is 13.0 Å². The van der Waals surface area contributed by atoms with Gasteiger partial charge in [0.1, 0.15) is 0 Å². The largest absolute Gasteiger partial charge is 1.00 e. The Morgan fingerprint density at radius 3 is 2.00 bits per heavy atom. The van der Waals surface area contributed by atoms with Crippen molar-refractivity contribution in [2.75, 3.05) is 6.61 Å². The summed E-state index contributed by atoms with van der Waals surface area (Å²) in [7, 11) is -8.55. The zero-order valence-corrected chi connectivity index (χ0v) is 21.5. The van der Waals surface area contributed by atoms with E-state index < -0.39 is 17.9 Å². The molecule has 1 rings (SSSR count). The standard InChI is InChI=1S/C20H33O6PS.Na.H/c1-3-5-6-7-8-9-10-11-12-16-19-25-27(21,24-4-2)26-28(22,23)20-17-14-13-15-18-20;;/h4,13-15,17-18H,2-3,5-12,16,19H2,1H3;;/q;+1;-1. The van der Waals surface area contributed by atoms with Gasteiger partial charge in [0.15, 0.2) is 0 Å². The summed E-state index contributed by atoms with van der Waals surface area (Å²) in [6.45, 7) is 5.60. The maximum Gasteiger partial charge on any atom is 1.00 e. The smallest absolute Gasteiger partial charge is 1.00 e. The molecule has 0 saturated carbocycles. The molecule has 1 aromatic rings. The zero-order valence-electron chi connectivity index (χ0n) is 18.8. The minimum Gasteiger partial charge on any atom is -1.00 e. The van der Waals surface area contributed by atoms with E-state index in [1.54, 1.807) is 18.2 Å². The molecule has 0 aliphatic heterocycles. The van der Waals surface area contributed by atoms with Gasteiger partial charge in [-0.15, -0.1) is 0 Å². The van der Waals surface area contributed by atoms with Crippen molar-refractivity contribution in [1.29, 1.82) is 0 Å². The summed E-state index contributed by atoms with van der Waals surface area (Å²) in [6.07, 6.45) is 12.3. The summed E-state index contributed by atoms with van der Waals surface area (Å²) in [5.74, 6) is 0. The Labute approximate surface area is 199 Å². The molecule has 0 saturated heterocycles. The quantitative estimate of drug-likeness (QED) is 0.154. The first-order chi connectivity index (χ1) is 13.4. The predicted molar refractivity (Wildman–Crippen MR) is 113 cm³/mol. The average molecular weight is 457 g/mol. The molecular formula is C20H34NaO6PS. The van der Waals surface area contributed by atoms with E-state index in [1.165, 1.54) is 50.7 Å². The van der Waals surface area contributed by atoms with Crippen LogP contribution >= 0.6 is 7.82 Å². The van der Waals surface area contributed by atoms with Crippen molar-refractivity contribution >= 4 is 17.9 Å². The van der Waals surface area contributed by atoms with Crippen LogP contribution in [0.2, 0.25) is 0 Å². The van der Waals surface area contributed by atoms with Crippen LogP contribution in [0.25, 0.3) is 0 Å². The topological polar surface area (TPSA) is 78.9 Å². The number of unbranched alkanes of at least 4 members (excludes halogenated alkanes) is 9. The summed E-state index contributed by atoms with van der Waals surface area (Å²) >= 11 is 0. The van der Waals surface area contributed by atoms with Crippen LogP contribution in [0.1, 0.15) is 72.6 Å². The summed E-state index contributed by atoms with van der Waals surface area (Å²) < 4.78 is 51.7. The minimum absolute atomic E-state index is 0. The molecule has 1 atom stereocenters. The molecule has 9 heteroatoms.